The Labute approximate surface area is 134 Å². The van der Waals surface area contributed by atoms with Crippen molar-refractivity contribution in [3.05, 3.63) is 0 Å². The fourth-order valence-corrected chi connectivity index (χ4v) is 3.60. The number of aliphatic hydroxyl groups excluding tert-OH is 1. The predicted molar refractivity (Wildman–Crippen MR) is 86.6 cm³/mol. The Morgan fingerprint density at radius 3 is 2.18 bits per heavy atom. The second kappa shape index (κ2) is 6.85. The van der Waals surface area contributed by atoms with Crippen LogP contribution in [0.25, 0.3) is 0 Å². The molecule has 1 saturated heterocycles. The quantitative estimate of drug-likeness (QED) is 0.735. The summed E-state index contributed by atoms with van der Waals surface area (Å²) in [5.41, 5.74) is -1.09. The van der Waals surface area contributed by atoms with Gasteiger partial charge in [0, 0.05) is 24.0 Å². The van der Waals surface area contributed by atoms with Crippen LogP contribution in [0.2, 0.25) is 0 Å². The van der Waals surface area contributed by atoms with Gasteiger partial charge in [0.05, 0.1) is 11.7 Å². The van der Waals surface area contributed by atoms with Gasteiger partial charge in [0.2, 0.25) is 0 Å². The molecule has 0 aromatic rings. The number of hydrogen-bond acceptors (Lipinski definition) is 5. The van der Waals surface area contributed by atoms with Gasteiger partial charge in [-0.25, -0.2) is 0 Å². The lowest BCUT2D eigenvalue weighted by atomic mass is 9.78. The molecule has 0 radical (unpaired) electrons. The number of ether oxygens (including phenoxy) is 1. The summed E-state index contributed by atoms with van der Waals surface area (Å²) in [6.07, 6.45) is 1.80. The number of carbonyl (C=O) groups excluding carboxylic acids is 1. The van der Waals surface area contributed by atoms with E-state index in [2.05, 4.69) is 32.6 Å². The van der Waals surface area contributed by atoms with E-state index in [1.165, 1.54) is 0 Å². The SMILES string of the molecule is CC(C)(O)CCC(=O)OCCN1C(C)(C)CC(O)CC1(C)C. The number of rotatable bonds is 6. The first kappa shape index (κ1) is 19.4. The van der Waals surface area contributed by atoms with Crippen molar-refractivity contribution in [3.8, 4) is 0 Å². The van der Waals surface area contributed by atoms with Crippen molar-refractivity contribution >= 4 is 5.97 Å². The summed E-state index contributed by atoms with van der Waals surface area (Å²) in [5, 5.41) is 19.6. The maximum atomic E-state index is 11.7. The van der Waals surface area contributed by atoms with E-state index < -0.39 is 5.60 Å². The van der Waals surface area contributed by atoms with E-state index in [0.29, 0.717) is 19.6 Å². The maximum absolute atomic E-state index is 11.7. The van der Waals surface area contributed by atoms with Crippen molar-refractivity contribution in [3.63, 3.8) is 0 Å². The molecule has 2 N–H and O–H groups in total. The Kier molecular flexibility index (Phi) is 6.04. The van der Waals surface area contributed by atoms with Crippen molar-refractivity contribution in [1.82, 2.24) is 4.90 Å². The van der Waals surface area contributed by atoms with E-state index in [4.69, 9.17) is 4.74 Å². The second-order valence-corrected chi connectivity index (χ2v) is 8.37. The molecule has 1 heterocycles. The predicted octanol–water partition coefficient (Wildman–Crippen LogP) is 2.09. The van der Waals surface area contributed by atoms with Crippen molar-refractivity contribution in [2.45, 2.75) is 90.0 Å². The highest BCUT2D eigenvalue weighted by Gasteiger charge is 2.44. The molecule has 0 amide bonds. The molecule has 5 heteroatoms. The fraction of sp³-hybridized carbons (Fsp3) is 0.941. The van der Waals surface area contributed by atoms with Crippen LogP contribution in [0.1, 0.15) is 67.2 Å². The third-order valence-electron chi connectivity index (χ3n) is 4.45. The molecule has 0 atom stereocenters. The van der Waals surface area contributed by atoms with Crippen molar-refractivity contribution in [2.24, 2.45) is 0 Å². The second-order valence-electron chi connectivity index (χ2n) is 8.37. The lowest BCUT2D eigenvalue weighted by Gasteiger charge is -2.54. The number of hydrogen-bond donors (Lipinski definition) is 2. The van der Waals surface area contributed by atoms with E-state index in [1.807, 2.05) is 0 Å². The Bertz CT molecular complexity index is 367. The molecule has 1 aliphatic rings. The van der Waals surface area contributed by atoms with Gasteiger partial charge >= 0.3 is 5.97 Å². The van der Waals surface area contributed by atoms with Gasteiger partial charge in [-0.15, -0.1) is 0 Å². The third kappa shape index (κ3) is 5.86. The molecule has 0 saturated carbocycles. The van der Waals surface area contributed by atoms with Crippen LogP contribution in [0.4, 0.5) is 0 Å². The molecule has 5 nitrogen and oxygen atoms in total. The fourth-order valence-electron chi connectivity index (χ4n) is 3.60. The van der Waals surface area contributed by atoms with Crippen molar-refractivity contribution in [2.75, 3.05) is 13.2 Å². The van der Waals surface area contributed by atoms with Crippen LogP contribution in [0, 0.1) is 0 Å². The minimum atomic E-state index is -0.841. The summed E-state index contributed by atoms with van der Waals surface area (Å²) in [7, 11) is 0. The van der Waals surface area contributed by atoms with Gasteiger partial charge in [0.25, 0.3) is 0 Å². The first-order valence-electron chi connectivity index (χ1n) is 8.17. The third-order valence-corrected chi connectivity index (χ3v) is 4.45. The van der Waals surface area contributed by atoms with Gasteiger partial charge < -0.3 is 14.9 Å². The lowest BCUT2D eigenvalue weighted by molar-refractivity contribution is -0.148. The average molecular weight is 315 g/mol. The topological polar surface area (TPSA) is 70.0 Å². The van der Waals surface area contributed by atoms with Crippen molar-refractivity contribution in [1.29, 1.82) is 0 Å². The smallest absolute Gasteiger partial charge is 0.305 e. The molecular formula is C17H33NO4. The van der Waals surface area contributed by atoms with Gasteiger partial charge in [-0.2, -0.15) is 0 Å². The number of likely N-dealkylation sites (tertiary alicyclic amines) is 1. The van der Waals surface area contributed by atoms with Crippen LogP contribution in [-0.4, -0.2) is 57.0 Å². The molecule has 0 aromatic carbocycles. The largest absolute Gasteiger partial charge is 0.464 e. The highest BCUT2D eigenvalue weighted by Crippen LogP contribution is 2.37. The molecule has 0 aromatic heterocycles. The summed E-state index contributed by atoms with van der Waals surface area (Å²) in [4.78, 5) is 14.0. The number of carbonyl (C=O) groups is 1. The van der Waals surface area contributed by atoms with Crippen LogP contribution in [0.3, 0.4) is 0 Å². The molecule has 0 unspecified atom stereocenters. The monoisotopic (exact) mass is 315 g/mol. The summed E-state index contributed by atoms with van der Waals surface area (Å²) >= 11 is 0. The van der Waals surface area contributed by atoms with E-state index >= 15 is 0 Å². The zero-order valence-electron chi connectivity index (χ0n) is 15.0. The first-order chi connectivity index (χ1) is 9.83. The standard InChI is InChI=1S/C17H33NO4/c1-15(2)11-13(19)12-16(3,4)18(15)9-10-22-14(20)7-8-17(5,6)21/h13,19,21H,7-12H2,1-6H3. The summed E-state index contributed by atoms with van der Waals surface area (Å²) in [5.74, 6) is -0.269. The summed E-state index contributed by atoms with van der Waals surface area (Å²) in [6.45, 7) is 12.8. The molecular weight excluding hydrogens is 282 g/mol. The molecule has 0 spiro atoms. The molecule has 1 fully saturated rings. The summed E-state index contributed by atoms with van der Waals surface area (Å²) < 4.78 is 5.30. The molecule has 0 bridgehead atoms. The van der Waals surface area contributed by atoms with Crippen LogP contribution in [0.15, 0.2) is 0 Å². The first-order valence-corrected chi connectivity index (χ1v) is 8.17. The molecule has 1 aliphatic heterocycles. The Hall–Kier alpha value is -0.650. The van der Waals surface area contributed by atoms with Crippen LogP contribution in [-0.2, 0) is 9.53 Å². The molecule has 22 heavy (non-hydrogen) atoms. The van der Waals surface area contributed by atoms with Gasteiger partial charge in [0.15, 0.2) is 0 Å². The summed E-state index contributed by atoms with van der Waals surface area (Å²) in [6, 6.07) is 0. The molecule has 130 valence electrons. The van der Waals surface area contributed by atoms with Gasteiger partial charge in [-0.05, 0) is 60.8 Å². The highest BCUT2D eigenvalue weighted by molar-refractivity contribution is 5.69. The van der Waals surface area contributed by atoms with E-state index in [1.54, 1.807) is 13.8 Å². The van der Waals surface area contributed by atoms with E-state index in [-0.39, 0.29) is 29.6 Å². The number of esters is 1. The average Bonchev–Trinajstić information content (AvgIpc) is 2.27. The highest BCUT2D eigenvalue weighted by atomic mass is 16.5. The number of piperidine rings is 1. The normalized spacial score (nSPS) is 22.5. The number of nitrogens with zero attached hydrogens (tertiary/aromatic N) is 1. The zero-order chi connectivity index (χ0) is 17.2. The lowest BCUT2D eigenvalue weighted by Crippen LogP contribution is -2.62. The van der Waals surface area contributed by atoms with E-state index in [9.17, 15) is 15.0 Å². The Morgan fingerprint density at radius 1 is 1.23 bits per heavy atom. The maximum Gasteiger partial charge on any atom is 0.305 e. The minimum Gasteiger partial charge on any atom is -0.464 e. The molecule has 1 rings (SSSR count). The zero-order valence-corrected chi connectivity index (χ0v) is 15.0. The minimum absolute atomic E-state index is 0.124. The van der Waals surface area contributed by atoms with Gasteiger partial charge in [-0.3, -0.25) is 9.69 Å². The van der Waals surface area contributed by atoms with Gasteiger partial charge in [0.1, 0.15) is 6.61 Å². The number of aliphatic hydroxyl groups is 2. The van der Waals surface area contributed by atoms with Crippen molar-refractivity contribution < 1.29 is 19.7 Å². The van der Waals surface area contributed by atoms with Crippen LogP contribution >= 0.6 is 0 Å². The molecule has 0 aliphatic carbocycles. The Balaban J connectivity index is 2.47. The van der Waals surface area contributed by atoms with Gasteiger partial charge in [-0.1, -0.05) is 0 Å². The van der Waals surface area contributed by atoms with Crippen LogP contribution in [0.5, 0.6) is 0 Å². The Morgan fingerprint density at radius 2 is 1.73 bits per heavy atom. The van der Waals surface area contributed by atoms with Crippen LogP contribution < -0.4 is 0 Å². The van der Waals surface area contributed by atoms with E-state index in [0.717, 1.165) is 12.8 Å².